The van der Waals surface area contributed by atoms with Crippen molar-refractivity contribution in [3.8, 4) is 0 Å². The SMILES string of the molecule is CCCN1C(=O)C(=O)/C(=C(\O)c2cccc([N+](=O)[O-])c2)C1c1ccc(C(C)(C)C)cc1. The summed E-state index contributed by atoms with van der Waals surface area (Å²) in [6.45, 7) is 8.52. The molecule has 31 heavy (non-hydrogen) atoms. The van der Waals surface area contributed by atoms with Crippen molar-refractivity contribution in [3.05, 3.63) is 80.9 Å². The highest BCUT2D eigenvalue weighted by atomic mass is 16.6. The Labute approximate surface area is 181 Å². The molecule has 1 unspecified atom stereocenters. The fourth-order valence-electron chi connectivity index (χ4n) is 3.79. The molecule has 2 aromatic carbocycles. The lowest BCUT2D eigenvalue weighted by Crippen LogP contribution is -2.30. The summed E-state index contributed by atoms with van der Waals surface area (Å²) in [5.74, 6) is -1.88. The minimum absolute atomic E-state index is 0.0533. The Hall–Kier alpha value is -3.48. The molecule has 2 aromatic rings. The lowest BCUT2D eigenvalue weighted by Gasteiger charge is -2.26. The van der Waals surface area contributed by atoms with Crippen LogP contribution in [0.5, 0.6) is 0 Å². The number of nitrogens with zero attached hydrogens (tertiary/aromatic N) is 2. The second kappa shape index (κ2) is 8.34. The molecule has 1 aliphatic rings. The van der Waals surface area contributed by atoms with Crippen LogP contribution in [0.25, 0.3) is 5.76 Å². The Morgan fingerprint density at radius 3 is 2.32 bits per heavy atom. The summed E-state index contributed by atoms with van der Waals surface area (Å²) in [4.78, 5) is 37.6. The fourth-order valence-corrected chi connectivity index (χ4v) is 3.79. The number of hydrogen-bond acceptors (Lipinski definition) is 5. The molecule has 7 nitrogen and oxygen atoms in total. The number of aliphatic hydroxyl groups excluding tert-OH is 1. The number of benzene rings is 2. The second-order valence-corrected chi connectivity index (χ2v) is 8.67. The summed E-state index contributed by atoms with van der Waals surface area (Å²) >= 11 is 0. The Kier molecular flexibility index (Phi) is 5.97. The molecule has 1 amide bonds. The number of hydrogen-bond donors (Lipinski definition) is 1. The molecule has 0 aliphatic carbocycles. The Bertz CT molecular complexity index is 1060. The number of carbonyl (C=O) groups is 2. The molecule has 1 N–H and O–H groups in total. The summed E-state index contributed by atoms with van der Waals surface area (Å²) in [6.07, 6.45) is 0.639. The average Bonchev–Trinajstić information content (AvgIpc) is 2.98. The van der Waals surface area contributed by atoms with Crippen LogP contribution in [0.3, 0.4) is 0 Å². The van der Waals surface area contributed by atoms with E-state index in [4.69, 9.17) is 0 Å². The zero-order valence-corrected chi connectivity index (χ0v) is 18.1. The van der Waals surface area contributed by atoms with Gasteiger partial charge in [-0.15, -0.1) is 0 Å². The van der Waals surface area contributed by atoms with Crippen molar-refractivity contribution in [2.24, 2.45) is 0 Å². The zero-order valence-electron chi connectivity index (χ0n) is 18.1. The minimum atomic E-state index is -0.789. The van der Waals surface area contributed by atoms with E-state index >= 15 is 0 Å². The maximum Gasteiger partial charge on any atom is 0.295 e. The third-order valence-corrected chi connectivity index (χ3v) is 5.43. The number of nitro benzene ring substituents is 1. The average molecular weight is 422 g/mol. The molecule has 1 heterocycles. The van der Waals surface area contributed by atoms with Gasteiger partial charge in [0.2, 0.25) is 0 Å². The van der Waals surface area contributed by atoms with Crippen LogP contribution in [0.1, 0.15) is 56.8 Å². The van der Waals surface area contributed by atoms with Gasteiger partial charge < -0.3 is 10.0 Å². The molecule has 162 valence electrons. The summed E-state index contributed by atoms with van der Waals surface area (Å²) in [5, 5.41) is 22.1. The minimum Gasteiger partial charge on any atom is -0.507 e. The van der Waals surface area contributed by atoms with E-state index in [1.807, 2.05) is 31.2 Å². The van der Waals surface area contributed by atoms with Gasteiger partial charge in [-0.05, 0) is 23.0 Å². The quantitative estimate of drug-likeness (QED) is 0.247. The third-order valence-electron chi connectivity index (χ3n) is 5.43. The monoisotopic (exact) mass is 422 g/mol. The Morgan fingerprint density at radius 2 is 1.77 bits per heavy atom. The summed E-state index contributed by atoms with van der Waals surface area (Å²) in [7, 11) is 0. The van der Waals surface area contributed by atoms with Crippen molar-refractivity contribution in [2.45, 2.75) is 45.6 Å². The van der Waals surface area contributed by atoms with Crippen molar-refractivity contribution in [2.75, 3.05) is 6.54 Å². The summed E-state index contributed by atoms with van der Waals surface area (Å²) in [5.41, 5.74) is 1.60. The molecule has 0 saturated carbocycles. The summed E-state index contributed by atoms with van der Waals surface area (Å²) < 4.78 is 0. The van der Waals surface area contributed by atoms with E-state index in [-0.39, 0.29) is 22.2 Å². The Morgan fingerprint density at radius 1 is 1.13 bits per heavy atom. The van der Waals surface area contributed by atoms with Gasteiger partial charge in [0, 0.05) is 24.2 Å². The van der Waals surface area contributed by atoms with E-state index < -0.39 is 28.4 Å². The van der Waals surface area contributed by atoms with Crippen molar-refractivity contribution >= 4 is 23.1 Å². The number of non-ortho nitro benzene ring substituents is 1. The highest BCUT2D eigenvalue weighted by Gasteiger charge is 2.45. The molecule has 1 fully saturated rings. The maximum absolute atomic E-state index is 12.9. The van der Waals surface area contributed by atoms with Crippen LogP contribution >= 0.6 is 0 Å². The molecule has 1 atom stereocenters. The number of ketones is 1. The van der Waals surface area contributed by atoms with E-state index in [1.165, 1.54) is 29.2 Å². The van der Waals surface area contributed by atoms with Crippen molar-refractivity contribution in [1.29, 1.82) is 0 Å². The molecular formula is C24H26N2O5. The van der Waals surface area contributed by atoms with Crippen LogP contribution in [-0.4, -0.2) is 33.2 Å². The van der Waals surface area contributed by atoms with E-state index in [0.29, 0.717) is 18.5 Å². The van der Waals surface area contributed by atoms with Crippen LogP contribution in [0.15, 0.2) is 54.1 Å². The smallest absolute Gasteiger partial charge is 0.295 e. The third kappa shape index (κ3) is 4.21. The van der Waals surface area contributed by atoms with Gasteiger partial charge in [-0.1, -0.05) is 64.1 Å². The normalized spacial score (nSPS) is 18.5. The fraction of sp³-hybridized carbons (Fsp3) is 0.333. The van der Waals surface area contributed by atoms with Gasteiger partial charge in [-0.25, -0.2) is 0 Å². The topological polar surface area (TPSA) is 101 Å². The highest BCUT2D eigenvalue weighted by molar-refractivity contribution is 6.46. The van der Waals surface area contributed by atoms with E-state index in [0.717, 1.165) is 5.56 Å². The number of rotatable bonds is 5. The first kappa shape index (κ1) is 22.2. The number of Topliss-reactive ketones (excluding diaryl/α,β-unsaturated/α-hetero) is 1. The van der Waals surface area contributed by atoms with E-state index in [1.54, 1.807) is 0 Å². The van der Waals surface area contributed by atoms with Gasteiger partial charge in [0.1, 0.15) is 5.76 Å². The maximum atomic E-state index is 12.9. The Balaban J connectivity index is 2.17. The van der Waals surface area contributed by atoms with Gasteiger partial charge in [-0.3, -0.25) is 19.7 Å². The number of nitro groups is 1. The van der Waals surface area contributed by atoms with Gasteiger partial charge in [-0.2, -0.15) is 0 Å². The number of likely N-dealkylation sites (tertiary alicyclic amines) is 1. The largest absolute Gasteiger partial charge is 0.507 e. The predicted molar refractivity (Wildman–Crippen MR) is 118 cm³/mol. The second-order valence-electron chi connectivity index (χ2n) is 8.67. The lowest BCUT2D eigenvalue weighted by molar-refractivity contribution is -0.384. The van der Waals surface area contributed by atoms with Crippen LogP contribution in [0.4, 0.5) is 5.69 Å². The molecule has 7 heteroatoms. The molecule has 1 aliphatic heterocycles. The lowest BCUT2D eigenvalue weighted by atomic mass is 9.85. The first-order valence-corrected chi connectivity index (χ1v) is 10.2. The zero-order chi connectivity index (χ0) is 22.9. The van der Waals surface area contributed by atoms with Crippen molar-refractivity contribution in [1.82, 2.24) is 4.90 Å². The molecule has 0 aromatic heterocycles. The van der Waals surface area contributed by atoms with Crippen LogP contribution in [0, 0.1) is 10.1 Å². The molecule has 1 saturated heterocycles. The molecule has 0 radical (unpaired) electrons. The van der Waals surface area contributed by atoms with Crippen LogP contribution in [-0.2, 0) is 15.0 Å². The van der Waals surface area contributed by atoms with Crippen LogP contribution in [0.2, 0.25) is 0 Å². The van der Waals surface area contributed by atoms with Crippen molar-refractivity contribution in [3.63, 3.8) is 0 Å². The molecule has 0 bridgehead atoms. The van der Waals surface area contributed by atoms with E-state index in [2.05, 4.69) is 20.8 Å². The molecule has 3 rings (SSSR count). The standard InChI is InChI=1S/C24H26N2O5/c1-5-13-25-20(15-9-11-17(12-10-15)24(2,3)4)19(22(28)23(25)29)21(27)16-7-6-8-18(14-16)26(30)31/h6-12,14,20,27H,5,13H2,1-4H3/b21-19-. The number of amides is 1. The van der Waals surface area contributed by atoms with Gasteiger partial charge in [0.25, 0.3) is 17.4 Å². The summed E-state index contributed by atoms with van der Waals surface area (Å²) in [6, 6.07) is 12.3. The van der Waals surface area contributed by atoms with Gasteiger partial charge >= 0.3 is 0 Å². The highest BCUT2D eigenvalue weighted by Crippen LogP contribution is 2.40. The first-order valence-electron chi connectivity index (χ1n) is 10.2. The molecule has 0 spiro atoms. The predicted octanol–water partition coefficient (Wildman–Crippen LogP) is 4.72. The van der Waals surface area contributed by atoms with E-state index in [9.17, 15) is 24.8 Å². The van der Waals surface area contributed by atoms with Gasteiger partial charge in [0.05, 0.1) is 16.5 Å². The van der Waals surface area contributed by atoms with Gasteiger partial charge in [0.15, 0.2) is 0 Å². The van der Waals surface area contributed by atoms with Crippen LogP contribution < -0.4 is 0 Å². The van der Waals surface area contributed by atoms with Crippen molar-refractivity contribution < 1.29 is 19.6 Å². The first-order chi connectivity index (χ1) is 14.6. The number of carbonyl (C=O) groups excluding carboxylic acids is 2. The number of aliphatic hydroxyl groups is 1. The molecular weight excluding hydrogens is 396 g/mol.